The van der Waals surface area contributed by atoms with Gasteiger partial charge in [-0.05, 0) is 25.7 Å². The van der Waals surface area contributed by atoms with Crippen LogP contribution in [0, 0.1) is 5.92 Å². The van der Waals surface area contributed by atoms with Crippen LogP contribution < -0.4 is 0 Å². The fourth-order valence-electron chi connectivity index (χ4n) is 2.57. The minimum absolute atomic E-state index is 0.160. The van der Waals surface area contributed by atoms with Crippen molar-refractivity contribution in [2.75, 3.05) is 0 Å². The second-order valence-electron chi connectivity index (χ2n) is 4.79. The maximum absolute atomic E-state index is 9.52. The summed E-state index contributed by atoms with van der Waals surface area (Å²) in [5.41, 5.74) is 0. The summed E-state index contributed by atoms with van der Waals surface area (Å²) in [6, 6.07) is 0.356. The normalized spacial score (nSPS) is 42.4. The third kappa shape index (κ3) is 1.34. The van der Waals surface area contributed by atoms with E-state index in [0.29, 0.717) is 12.0 Å². The third-order valence-electron chi connectivity index (χ3n) is 3.75. The molecule has 2 saturated carbocycles. The van der Waals surface area contributed by atoms with Gasteiger partial charge in [0.25, 0.3) is 0 Å². The van der Waals surface area contributed by atoms with E-state index in [9.17, 15) is 5.11 Å². The fourth-order valence-corrected chi connectivity index (χ4v) is 2.57. The predicted octanol–water partition coefficient (Wildman–Crippen LogP) is 1.50. The Morgan fingerprint density at radius 1 is 1.21 bits per heavy atom. The molecule has 0 saturated heterocycles. The van der Waals surface area contributed by atoms with Gasteiger partial charge in [-0.15, -0.1) is 0 Å². The molecule has 3 unspecified atom stereocenters. The monoisotopic (exact) mass is 195 g/mol. The summed E-state index contributed by atoms with van der Waals surface area (Å²) in [4.78, 5) is 4.65. The Bertz CT molecular complexity index is 260. The minimum atomic E-state index is -0.160. The third-order valence-corrected chi connectivity index (χ3v) is 3.75. The first kappa shape index (κ1) is 8.72. The van der Waals surface area contributed by atoms with Crippen LogP contribution in [0.1, 0.15) is 38.5 Å². The lowest BCUT2D eigenvalue weighted by atomic mass is 9.85. The number of aliphatic hydroxyl groups is 1. The highest BCUT2D eigenvalue weighted by Crippen LogP contribution is 2.36. The van der Waals surface area contributed by atoms with E-state index in [1.807, 2.05) is 0 Å². The van der Waals surface area contributed by atoms with Crippen molar-refractivity contribution in [3.63, 3.8) is 0 Å². The molecule has 2 aliphatic carbocycles. The van der Waals surface area contributed by atoms with E-state index >= 15 is 0 Å². The molecule has 1 N–H and O–H groups in total. The largest absolute Gasteiger partial charge is 0.475 e. The molecule has 1 aliphatic heterocycles. The first-order valence-corrected chi connectivity index (χ1v) is 5.75. The van der Waals surface area contributed by atoms with Crippen molar-refractivity contribution in [3.8, 4) is 0 Å². The summed E-state index contributed by atoms with van der Waals surface area (Å²) < 4.78 is 5.83. The number of nitrogens with zero attached hydrogens (tertiary/aromatic N) is 1. The van der Waals surface area contributed by atoms with E-state index in [1.165, 1.54) is 19.3 Å². The van der Waals surface area contributed by atoms with Gasteiger partial charge in [0.05, 0.1) is 12.1 Å². The molecule has 3 rings (SSSR count). The van der Waals surface area contributed by atoms with Gasteiger partial charge in [-0.25, -0.2) is 4.99 Å². The minimum Gasteiger partial charge on any atom is -0.475 e. The number of hydrogen-bond acceptors (Lipinski definition) is 3. The first-order valence-electron chi connectivity index (χ1n) is 5.75. The van der Waals surface area contributed by atoms with Crippen LogP contribution in [-0.4, -0.2) is 29.3 Å². The number of fused-ring (bicyclic) bond motifs is 1. The Kier molecular flexibility index (Phi) is 2.01. The molecular formula is C11H17NO2. The predicted molar refractivity (Wildman–Crippen MR) is 53.3 cm³/mol. The van der Waals surface area contributed by atoms with Crippen molar-refractivity contribution < 1.29 is 9.84 Å². The molecule has 3 heteroatoms. The van der Waals surface area contributed by atoms with Gasteiger partial charge in [0, 0.05) is 12.3 Å². The Balaban J connectivity index is 1.68. The molecule has 0 bridgehead atoms. The van der Waals surface area contributed by atoms with Crippen molar-refractivity contribution in [2.24, 2.45) is 10.9 Å². The average Bonchev–Trinajstić information content (AvgIpc) is 2.43. The second kappa shape index (κ2) is 3.23. The highest BCUT2D eigenvalue weighted by Gasteiger charge is 2.39. The topological polar surface area (TPSA) is 41.8 Å². The first-order chi connectivity index (χ1) is 6.83. The molecule has 3 nitrogen and oxygen atoms in total. The van der Waals surface area contributed by atoms with Crippen LogP contribution in [0.5, 0.6) is 0 Å². The number of hydrogen-bond donors (Lipinski definition) is 1. The van der Waals surface area contributed by atoms with Gasteiger partial charge in [0.2, 0.25) is 0 Å². The van der Waals surface area contributed by atoms with E-state index < -0.39 is 0 Å². The zero-order valence-electron chi connectivity index (χ0n) is 8.35. The second-order valence-corrected chi connectivity index (χ2v) is 4.79. The SMILES string of the molecule is OC1CCC2N=C(C3CCC3)OC2C1. The molecule has 0 amide bonds. The summed E-state index contributed by atoms with van der Waals surface area (Å²) in [6.45, 7) is 0. The quantitative estimate of drug-likeness (QED) is 0.689. The molecule has 78 valence electrons. The number of ether oxygens (including phenoxy) is 1. The smallest absolute Gasteiger partial charge is 0.187 e. The lowest BCUT2D eigenvalue weighted by Gasteiger charge is -2.28. The van der Waals surface area contributed by atoms with Crippen molar-refractivity contribution >= 4 is 5.90 Å². The van der Waals surface area contributed by atoms with Gasteiger partial charge in [0.15, 0.2) is 5.90 Å². The number of aliphatic imine (C=N–C) groups is 1. The van der Waals surface area contributed by atoms with E-state index in [2.05, 4.69) is 4.99 Å². The van der Waals surface area contributed by atoms with E-state index in [0.717, 1.165) is 25.2 Å². The van der Waals surface area contributed by atoms with E-state index in [4.69, 9.17) is 4.74 Å². The van der Waals surface area contributed by atoms with Gasteiger partial charge in [-0.1, -0.05) is 6.42 Å². The molecule has 2 fully saturated rings. The van der Waals surface area contributed by atoms with Crippen LogP contribution in [0.15, 0.2) is 4.99 Å². The fraction of sp³-hybridized carbons (Fsp3) is 0.909. The molecule has 0 radical (unpaired) electrons. The zero-order chi connectivity index (χ0) is 9.54. The molecular weight excluding hydrogens is 178 g/mol. The number of aliphatic hydroxyl groups excluding tert-OH is 1. The van der Waals surface area contributed by atoms with Crippen LogP contribution in [0.2, 0.25) is 0 Å². The molecule has 1 heterocycles. The van der Waals surface area contributed by atoms with Gasteiger partial charge in [-0.3, -0.25) is 0 Å². The van der Waals surface area contributed by atoms with Gasteiger partial charge < -0.3 is 9.84 Å². The molecule has 14 heavy (non-hydrogen) atoms. The Morgan fingerprint density at radius 3 is 2.79 bits per heavy atom. The zero-order valence-corrected chi connectivity index (χ0v) is 8.35. The van der Waals surface area contributed by atoms with Crippen molar-refractivity contribution in [1.29, 1.82) is 0 Å². The van der Waals surface area contributed by atoms with Crippen LogP contribution >= 0.6 is 0 Å². The standard InChI is InChI=1S/C11H17NO2/c13-8-4-5-9-10(6-8)14-11(12-9)7-2-1-3-7/h7-10,13H,1-6H2. The maximum Gasteiger partial charge on any atom is 0.187 e. The van der Waals surface area contributed by atoms with E-state index in [-0.39, 0.29) is 12.2 Å². The van der Waals surface area contributed by atoms with Crippen LogP contribution in [0.3, 0.4) is 0 Å². The van der Waals surface area contributed by atoms with Crippen molar-refractivity contribution in [1.82, 2.24) is 0 Å². The summed E-state index contributed by atoms with van der Waals surface area (Å²) in [5.74, 6) is 1.61. The van der Waals surface area contributed by atoms with Gasteiger partial charge >= 0.3 is 0 Å². The molecule has 3 aliphatic rings. The Morgan fingerprint density at radius 2 is 2.07 bits per heavy atom. The average molecular weight is 195 g/mol. The summed E-state index contributed by atoms with van der Waals surface area (Å²) in [7, 11) is 0. The lowest BCUT2D eigenvalue weighted by molar-refractivity contribution is 0.0466. The summed E-state index contributed by atoms with van der Waals surface area (Å²) >= 11 is 0. The summed E-state index contributed by atoms with van der Waals surface area (Å²) in [6.07, 6.45) is 6.53. The van der Waals surface area contributed by atoms with Crippen LogP contribution in [0.25, 0.3) is 0 Å². The molecule has 0 aromatic rings. The highest BCUT2D eigenvalue weighted by molar-refractivity contribution is 5.81. The molecule has 3 atom stereocenters. The molecule has 0 spiro atoms. The lowest BCUT2D eigenvalue weighted by Crippen LogP contribution is -2.34. The van der Waals surface area contributed by atoms with Crippen molar-refractivity contribution in [3.05, 3.63) is 0 Å². The molecule has 0 aromatic carbocycles. The maximum atomic E-state index is 9.52. The number of rotatable bonds is 1. The van der Waals surface area contributed by atoms with Crippen LogP contribution in [-0.2, 0) is 4.74 Å². The highest BCUT2D eigenvalue weighted by atomic mass is 16.5. The van der Waals surface area contributed by atoms with E-state index in [1.54, 1.807) is 0 Å². The Labute approximate surface area is 84.2 Å². The Hall–Kier alpha value is -0.570. The van der Waals surface area contributed by atoms with Crippen molar-refractivity contribution in [2.45, 2.75) is 56.8 Å². The van der Waals surface area contributed by atoms with Gasteiger partial charge in [0.1, 0.15) is 6.10 Å². The summed E-state index contributed by atoms with van der Waals surface area (Å²) in [5, 5.41) is 9.52. The van der Waals surface area contributed by atoms with Gasteiger partial charge in [-0.2, -0.15) is 0 Å². The molecule has 0 aromatic heterocycles. The van der Waals surface area contributed by atoms with Crippen LogP contribution in [0.4, 0.5) is 0 Å².